The van der Waals surface area contributed by atoms with Crippen molar-refractivity contribution >= 4 is 11.9 Å². The van der Waals surface area contributed by atoms with Crippen LogP contribution in [0.1, 0.15) is 11.3 Å². The summed E-state index contributed by atoms with van der Waals surface area (Å²) in [5.41, 5.74) is 7.40. The van der Waals surface area contributed by atoms with Crippen molar-refractivity contribution < 1.29 is 14.7 Å². The van der Waals surface area contributed by atoms with Gasteiger partial charge in [0.2, 0.25) is 5.91 Å². The molecule has 5 N–H and O–H groups in total. The number of carbonyl (C=O) groups is 2. The third kappa shape index (κ3) is 4.42. The maximum atomic E-state index is 12.1. The molecule has 0 radical (unpaired) electrons. The number of carboxylic acid groups (broad SMARTS) is 1. The van der Waals surface area contributed by atoms with Crippen LogP contribution in [0.4, 0.5) is 0 Å². The molecule has 0 saturated carbocycles. The topological polar surface area (TPSA) is 121 Å². The highest BCUT2D eigenvalue weighted by Gasteiger charge is 2.24. The number of aromatic nitrogens is 2. The van der Waals surface area contributed by atoms with Crippen molar-refractivity contribution in [1.29, 1.82) is 0 Å². The van der Waals surface area contributed by atoms with Gasteiger partial charge in [-0.05, 0) is 12.0 Å². The molecule has 0 aliphatic carbocycles. The summed E-state index contributed by atoms with van der Waals surface area (Å²) in [4.78, 5) is 29.9. The van der Waals surface area contributed by atoms with Crippen molar-refractivity contribution in [3.8, 4) is 0 Å². The number of rotatable bonds is 7. The first kappa shape index (κ1) is 15.7. The van der Waals surface area contributed by atoms with Crippen molar-refractivity contribution in [2.45, 2.75) is 24.9 Å². The van der Waals surface area contributed by atoms with E-state index in [4.69, 9.17) is 5.73 Å². The summed E-state index contributed by atoms with van der Waals surface area (Å²) in [7, 11) is 0. The average molecular weight is 302 g/mol. The van der Waals surface area contributed by atoms with Crippen molar-refractivity contribution in [3.05, 3.63) is 54.1 Å². The van der Waals surface area contributed by atoms with E-state index in [9.17, 15) is 14.7 Å². The summed E-state index contributed by atoms with van der Waals surface area (Å²) in [5, 5.41) is 11.7. The molecular formula is C15H18N4O3. The van der Waals surface area contributed by atoms with E-state index in [2.05, 4.69) is 15.3 Å². The standard InChI is InChI=1S/C15H18N4O3/c16-12(6-10-4-2-1-3-5-10)14(20)19-13(15(21)22)7-11-8-17-9-18-11/h1-5,8-9,12-13H,6-7,16H2,(H,17,18)(H,19,20)(H,21,22)/t12-,13?/m0/s1. The summed E-state index contributed by atoms with van der Waals surface area (Å²) in [6, 6.07) is 7.48. The van der Waals surface area contributed by atoms with Gasteiger partial charge < -0.3 is 21.1 Å². The van der Waals surface area contributed by atoms with Crippen LogP contribution in [-0.4, -0.2) is 39.0 Å². The smallest absolute Gasteiger partial charge is 0.326 e. The number of nitrogens with zero attached hydrogens (tertiary/aromatic N) is 1. The average Bonchev–Trinajstić information content (AvgIpc) is 3.00. The van der Waals surface area contributed by atoms with Gasteiger partial charge in [-0.25, -0.2) is 9.78 Å². The molecule has 0 saturated heterocycles. The number of hydrogen-bond donors (Lipinski definition) is 4. The highest BCUT2D eigenvalue weighted by molar-refractivity contribution is 5.87. The number of imidazole rings is 1. The zero-order chi connectivity index (χ0) is 15.9. The van der Waals surface area contributed by atoms with E-state index in [1.165, 1.54) is 12.5 Å². The Morgan fingerprint density at radius 2 is 2.00 bits per heavy atom. The van der Waals surface area contributed by atoms with Crippen LogP contribution >= 0.6 is 0 Å². The second kappa shape index (κ2) is 7.37. The lowest BCUT2D eigenvalue weighted by Crippen LogP contribution is -2.50. The molecule has 0 aliphatic heterocycles. The first-order valence-corrected chi connectivity index (χ1v) is 6.86. The number of benzene rings is 1. The quantitative estimate of drug-likeness (QED) is 0.577. The lowest BCUT2D eigenvalue weighted by Gasteiger charge is -2.17. The zero-order valence-electron chi connectivity index (χ0n) is 11.9. The van der Waals surface area contributed by atoms with Crippen LogP contribution < -0.4 is 11.1 Å². The molecular weight excluding hydrogens is 284 g/mol. The number of nitrogens with one attached hydrogen (secondary N) is 2. The Kier molecular flexibility index (Phi) is 5.26. The van der Waals surface area contributed by atoms with Crippen molar-refractivity contribution in [1.82, 2.24) is 15.3 Å². The Morgan fingerprint density at radius 3 is 2.59 bits per heavy atom. The second-order valence-corrected chi connectivity index (χ2v) is 4.98. The van der Waals surface area contributed by atoms with Gasteiger partial charge in [-0.15, -0.1) is 0 Å². The van der Waals surface area contributed by atoms with Crippen LogP contribution in [0.2, 0.25) is 0 Å². The van der Waals surface area contributed by atoms with Gasteiger partial charge in [-0.2, -0.15) is 0 Å². The third-order valence-corrected chi connectivity index (χ3v) is 3.23. The molecule has 116 valence electrons. The van der Waals surface area contributed by atoms with E-state index in [-0.39, 0.29) is 6.42 Å². The molecule has 0 spiro atoms. The summed E-state index contributed by atoms with van der Waals surface area (Å²) in [6.07, 6.45) is 3.45. The van der Waals surface area contributed by atoms with Crippen LogP contribution in [-0.2, 0) is 22.4 Å². The molecule has 0 fully saturated rings. The molecule has 2 atom stereocenters. The molecule has 2 rings (SSSR count). The number of H-pyrrole nitrogens is 1. The molecule has 1 aromatic carbocycles. The van der Waals surface area contributed by atoms with Crippen LogP contribution in [0.3, 0.4) is 0 Å². The minimum Gasteiger partial charge on any atom is -0.480 e. The Hall–Kier alpha value is -2.67. The minimum atomic E-state index is -1.12. The number of aliphatic carboxylic acids is 1. The van der Waals surface area contributed by atoms with Crippen LogP contribution in [0.15, 0.2) is 42.9 Å². The normalized spacial score (nSPS) is 13.3. The van der Waals surface area contributed by atoms with E-state index in [0.717, 1.165) is 5.56 Å². The summed E-state index contributed by atoms with van der Waals surface area (Å²) < 4.78 is 0. The molecule has 1 unspecified atom stereocenters. The summed E-state index contributed by atoms with van der Waals surface area (Å²) in [5.74, 6) is -1.61. The SMILES string of the molecule is N[C@@H](Cc1ccccc1)C(=O)NC(Cc1cnc[nH]1)C(=O)O. The molecule has 1 amide bonds. The van der Waals surface area contributed by atoms with Crippen LogP contribution in [0.5, 0.6) is 0 Å². The monoisotopic (exact) mass is 302 g/mol. The van der Waals surface area contributed by atoms with E-state index in [0.29, 0.717) is 12.1 Å². The van der Waals surface area contributed by atoms with Crippen LogP contribution in [0.25, 0.3) is 0 Å². The Bertz CT molecular complexity index is 613. The Balaban J connectivity index is 1.94. The van der Waals surface area contributed by atoms with Crippen LogP contribution in [0, 0.1) is 0 Å². The highest BCUT2D eigenvalue weighted by atomic mass is 16.4. The molecule has 2 aromatic rings. The van der Waals surface area contributed by atoms with Gasteiger partial charge in [0, 0.05) is 18.3 Å². The van der Waals surface area contributed by atoms with Gasteiger partial charge in [-0.1, -0.05) is 30.3 Å². The highest BCUT2D eigenvalue weighted by Crippen LogP contribution is 2.03. The molecule has 0 aliphatic rings. The lowest BCUT2D eigenvalue weighted by molar-refractivity contribution is -0.142. The van der Waals surface area contributed by atoms with Crippen molar-refractivity contribution in [3.63, 3.8) is 0 Å². The fraction of sp³-hybridized carbons (Fsp3) is 0.267. The second-order valence-electron chi connectivity index (χ2n) is 4.98. The van der Waals surface area contributed by atoms with Crippen molar-refractivity contribution in [2.75, 3.05) is 0 Å². The number of carboxylic acids is 1. The first-order chi connectivity index (χ1) is 10.6. The number of amides is 1. The molecule has 1 aromatic heterocycles. The van der Waals surface area contributed by atoms with Gasteiger partial charge >= 0.3 is 5.97 Å². The fourth-order valence-electron chi connectivity index (χ4n) is 2.06. The van der Waals surface area contributed by atoms with E-state index in [1.807, 2.05) is 30.3 Å². The zero-order valence-corrected chi connectivity index (χ0v) is 11.9. The van der Waals surface area contributed by atoms with Gasteiger partial charge in [0.05, 0.1) is 12.4 Å². The van der Waals surface area contributed by atoms with Gasteiger partial charge in [0.1, 0.15) is 6.04 Å². The first-order valence-electron chi connectivity index (χ1n) is 6.86. The largest absolute Gasteiger partial charge is 0.480 e. The number of aromatic amines is 1. The van der Waals surface area contributed by atoms with E-state index in [1.54, 1.807) is 0 Å². The predicted molar refractivity (Wildman–Crippen MR) is 80.0 cm³/mol. The third-order valence-electron chi connectivity index (χ3n) is 3.23. The minimum absolute atomic E-state index is 0.124. The van der Waals surface area contributed by atoms with Crippen molar-refractivity contribution in [2.24, 2.45) is 5.73 Å². The number of hydrogen-bond acceptors (Lipinski definition) is 4. The molecule has 7 nitrogen and oxygen atoms in total. The fourth-order valence-corrected chi connectivity index (χ4v) is 2.06. The number of nitrogens with two attached hydrogens (primary N) is 1. The van der Waals surface area contributed by atoms with Gasteiger partial charge in [0.25, 0.3) is 0 Å². The maximum Gasteiger partial charge on any atom is 0.326 e. The number of carbonyl (C=O) groups excluding carboxylic acids is 1. The summed E-state index contributed by atoms with van der Waals surface area (Å²) in [6.45, 7) is 0. The Morgan fingerprint density at radius 1 is 1.27 bits per heavy atom. The lowest BCUT2D eigenvalue weighted by atomic mass is 10.1. The molecule has 7 heteroatoms. The van der Waals surface area contributed by atoms with Gasteiger partial charge in [0.15, 0.2) is 0 Å². The van der Waals surface area contributed by atoms with E-state index >= 15 is 0 Å². The van der Waals surface area contributed by atoms with E-state index < -0.39 is 24.0 Å². The molecule has 22 heavy (non-hydrogen) atoms. The maximum absolute atomic E-state index is 12.1. The molecule has 0 bridgehead atoms. The summed E-state index contributed by atoms with van der Waals surface area (Å²) >= 11 is 0. The predicted octanol–water partition coefficient (Wildman–Crippen LogP) is 0.0916. The Labute approximate surface area is 127 Å². The molecule has 1 heterocycles. The van der Waals surface area contributed by atoms with Gasteiger partial charge in [-0.3, -0.25) is 4.79 Å².